The van der Waals surface area contributed by atoms with Crippen molar-refractivity contribution in [2.75, 3.05) is 25.6 Å². The lowest BCUT2D eigenvalue weighted by Gasteiger charge is -2.11. The highest BCUT2D eigenvalue weighted by atomic mass is 32.2. The molecule has 0 aliphatic heterocycles. The summed E-state index contributed by atoms with van der Waals surface area (Å²) in [6.45, 7) is 3.08. The second kappa shape index (κ2) is 12.6. The second-order valence-electron chi connectivity index (χ2n) is 6.59. The van der Waals surface area contributed by atoms with Crippen LogP contribution in [0.2, 0.25) is 0 Å². The molecule has 6 nitrogen and oxygen atoms in total. The minimum absolute atomic E-state index is 0.130. The van der Waals surface area contributed by atoms with Crippen LogP contribution in [0, 0.1) is 0 Å². The number of nitrogens with zero attached hydrogens (tertiary/aromatic N) is 2. The summed E-state index contributed by atoms with van der Waals surface area (Å²) in [5.74, 6) is 0.669. The zero-order valence-corrected chi connectivity index (χ0v) is 18.3. The molecule has 31 heavy (non-hydrogen) atoms. The van der Waals surface area contributed by atoms with Crippen molar-refractivity contribution in [1.29, 1.82) is 0 Å². The number of rotatable bonds is 12. The summed E-state index contributed by atoms with van der Waals surface area (Å²) < 4.78 is 16.7. The van der Waals surface area contributed by atoms with Gasteiger partial charge in [-0.15, -0.1) is 0 Å². The maximum absolute atomic E-state index is 11.7. The Morgan fingerprint density at radius 2 is 1.35 bits per heavy atom. The van der Waals surface area contributed by atoms with Crippen molar-refractivity contribution >= 4 is 17.7 Å². The number of esters is 1. The summed E-state index contributed by atoms with van der Waals surface area (Å²) in [5.41, 5.74) is 2.38. The topological polar surface area (TPSA) is 70.5 Å². The van der Waals surface area contributed by atoms with Crippen molar-refractivity contribution in [3.8, 4) is 11.8 Å². The molecule has 0 bridgehead atoms. The van der Waals surface area contributed by atoms with Crippen molar-refractivity contribution in [3.63, 3.8) is 0 Å². The van der Waals surface area contributed by atoms with Crippen LogP contribution >= 0.6 is 11.8 Å². The molecular weight excluding hydrogens is 412 g/mol. The quantitative estimate of drug-likeness (QED) is 0.236. The molecular formula is C24H26N2O4S. The van der Waals surface area contributed by atoms with E-state index in [0.717, 1.165) is 12.8 Å². The number of hydrogen-bond acceptors (Lipinski definition) is 7. The Bertz CT molecular complexity index is 875. The standard InChI is InChI=1S/C24H26N2O4S/c1-2-28-23(27)18-31-24-25-21(29-15-13-19-9-5-3-6-10-19)17-22(26-24)30-16-14-20-11-7-4-8-12-20/h3-12,17H,2,13-16,18H2,1H3. The summed E-state index contributed by atoms with van der Waals surface area (Å²) in [7, 11) is 0. The Labute approximate surface area is 187 Å². The smallest absolute Gasteiger partial charge is 0.316 e. The zero-order chi connectivity index (χ0) is 21.7. The molecule has 1 aromatic heterocycles. The van der Waals surface area contributed by atoms with Crippen molar-refractivity contribution < 1.29 is 19.0 Å². The van der Waals surface area contributed by atoms with Gasteiger partial charge in [-0.25, -0.2) is 0 Å². The summed E-state index contributed by atoms with van der Waals surface area (Å²) in [6, 6.07) is 21.9. The van der Waals surface area contributed by atoms with Gasteiger partial charge in [0.15, 0.2) is 5.16 Å². The Morgan fingerprint density at radius 3 is 1.84 bits per heavy atom. The third kappa shape index (κ3) is 8.30. The molecule has 3 rings (SSSR count). The van der Waals surface area contributed by atoms with Crippen molar-refractivity contribution in [2.45, 2.75) is 24.9 Å². The van der Waals surface area contributed by atoms with Crippen LogP contribution in [-0.4, -0.2) is 41.5 Å². The van der Waals surface area contributed by atoms with E-state index in [1.807, 2.05) is 36.4 Å². The molecule has 0 amide bonds. The van der Waals surface area contributed by atoms with Gasteiger partial charge in [0, 0.05) is 12.8 Å². The highest BCUT2D eigenvalue weighted by Gasteiger charge is 2.11. The van der Waals surface area contributed by atoms with Gasteiger partial charge in [0.1, 0.15) is 0 Å². The number of carbonyl (C=O) groups excluding carboxylic acids is 1. The molecule has 3 aromatic rings. The molecule has 0 aliphatic rings. The first kappa shape index (κ1) is 22.6. The van der Waals surface area contributed by atoms with Gasteiger partial charge < -0.3 is 14.2 Å². The fourth-order valence-corrected chi connectivity index (χ4v) is 3.40. The summed E-state index contributed by atoms with van der Waals surface area (Å²) in [5, 5.41) is 0.417. The number of hydrogen-bond donors (Lipinski definition) is 0. The first-order chi connectivity index (χ1) is 15.2. The van der Waals surface area contributed by atoms with E-state index >= 15 is 0 Å². The zero-order valence-electron chi connectivity index (χ0n) is 17.5. The van der Waals surface area contributed by atoms with Crippen LogP contribution in [0.15, 0.2) is 71.9 Å². The van der Waals surface area contributed by atoms with E-state index in [4.69, 9.17) is 14.2 Å². The van der Waals surface area contributed by atoms with Gasteiger partial charge in [0.25, 0.3) is 0 Å². The molecule has 0 saturated carbocycles. The average molecular weight is 439 g/mol. The Morgan fingerprint density at radius 1 is 0.839 bits per heavy atom. The fourth-order valence-electron chi connectivity index (χ4n) is 2.76. The van der Waals surface area contributed by atoms with Crippen molar-refractivity contribution in [1.82, 2.24) is 9.97 Å². The van der Waals surface area contributed by atoms with Crippen LogP contribution in [0.3, 0.4) is 0 Å². The Hall–Kier alpha value is -3.06. The highest BCUT2D eigenvalue weighted by molar-refractivity contribution is 7.99. The normalized spacial score (nSPS) is 10.5. The third-order valence-corrected chi connectivity index (χ3v) is 5.07. The van der Waals surface area contributed by atoms with Crippen LogP contribution in [0.5, 0.6) is 11.8 Å². The number of thioether (sulfide) groups is 1. The lowest BCUT2D eigenvalue weighted by molar-refractivity contribution is -0.139. The van der Waals surface area contributed by atoms with E-state index in [0.29, 0.717) is 36.7 Å². The molecule has 2 aromatic carbocycles. The van der Waals surface area contributed by atoms with Gasteiger partial charge >= 0.3 is 5.97 Å². The van der Waals surface area contributed by atoms with Gasteiger partial charge in [-0.1, -0.05) is 72.4 Å². The summed E-state index contributed by atoms with van der Waals surface area (Å²) in [4.78, 5) is 20.5. The lowest BCUT2D eigenvalue weighted by atomic mass is 10.2. The predicted molar refractivity (Wildman–Crippen MR) is 121 cm³/mol. The van der Waals surface area contributed by atoms with Gasteiger partial charge in [0.05, 0.1) is 31.6 Å². The van der Waals surface area contributed by atoms with Crippen LogP contribution in [-0.2, 0) is 22.4 Å². The van der Waals surface area contributed by atoms with Gasteiger partial charge in [-0.2, -0.15) is 9.97 Å². The molecule has 7 heteroatoms. The van der Waals surface area contributed by atoms with Crippen molar-refractivity contribution in [2.24, 2.45) is 0 Å². The van der Waals surface area contributed by atoms with E-state index in [2.05, 4.69) is 34.2 Å². The van der Waals surface area contributed by atoms with Gasteiger partial charge in [-0.05, 0) is 18.1 Å². The van der Waals surface area contributed by atoms with E-state index in [9.17, 15) is 4.79 Å². The maximum Gasteiger partial charge on any atom is 0.316 e. The molecule has 0 radical (unpaired) electrons. The number of ether oxygens (including phenoxy) is 3. The third-order valence-electron chi connectivity index (χ3n) is 4.25. The van der Waals surface area contributed by atoms with Crippen LogP contribution in [0.1, 0.15) is 18.1 Å². The molecule has 162 valence electrons. The second-order valence-corrected chi connectivity index (χ2v) is 7.53. The van der Waals surface area contributed by atoms with Gasteiger partial charge in [-0.3, -0.25) is 4.79 Å². The maximum atomic E-state index is 11.7. The average Bonchev–Trinajstić information content (AvgIpc) is 2.79. The lowest BCUT2D eigenvalue weighted by Crippen LogP contribution is -2.09. The number of aromatic nitrogens is 2. The summed E-state index contributed by atoms with van der Waals surface area (Å²) >= 11 is 1.20. The van der Waals surface area contributed by atoms with E-state index in [1.54, 1.807) is 13.0 Å². The van der Waals surface area contributed by atoms with E-state index < -0.39 is 0 Å². The Kier molecular flexibility index (Phi) is 9.19. The molecule has 0 N–H and O–H groups in total. The van der Waals surface area contributed by atoms with Crippen LogP contribution in [0.25, 0.3) is 0 Å². The predicted octanol–water partition coefficient (Wildman–Crippen LogP) is 4.37. The highest BCUT2D eigenvalue weighted by Crippen LogP contribution is 2.22. The van der Waals surface area contributed by atoms with E-state index in [-0.39, 0.29) is 11.7 Å². The van der Waals surface area contributed by atoms with Crippen LogP contribution in [0.4, 0.5) is 0 Å². The molecule has 0 saturated heterocycles. The van der Waals surface area contributed by atoms with E-state index in [1.165, 1.54) is 22.9 Å². The molecule has 0 atom stereocenters. The molecule has 0 aliphatic carbocycles. The van der Waals surface area contributed by atoms with Crippen LogP contribution < -0.4 is 9.47 Å². The fraction of sp³-hybridized carbons (Fsp3) is 0.292. The summed E-state index contributed by atoms with van der Waals surface area (Å²) in [6.07, 6.45) is 1.53. The first-order valence-corrected chi connectivity index (χ1v) is 11.2. The largest absolute Gasteiger partial charge is 0.477 e. The number of carbonyl (C=O) groups is 1. The SMILES string of the molecule is CCOC(=O)CSc1nc(OCCc2ccccc2)cc(OCCc2ccccc2)n1. The minimum Gasteiger partial charge on any atom is -0.477 e. The Balaban J connectivity index is 1.61. The number of benzene rings is 2. The molecule has 0 fully saturated rings. The van der Waals surface area contributed by atoms with Gasteiger partial charge in [0.2, 0.25) is 11.8 Å². The molecule has 0 spiro atoms. The minimum atomic E-state index is -0.307. The first-order valence-electron chi connectivity index (χ1n) is 10.2. The molecule has 1 heterocycles. The molecule has 0 unspecified atom stereocenters. The monoisotopic (exact) mass is 438 g/mol. The van der Waals surface area contributed by atoms with Crippen molar-refractivity contribution in [3.05, 3.63) is 77.9 Å².